The third-order valence-corrected chi connectivity index (χ3v) is 3.48. The maximum atomic E-state index is 13.7. The molecule has 118 valence electrons. The van der Waals surface area contributed by atoms with Gasteiger partial charge in [-0.3, -0.25) is 4.79 Å². The molecule has 0 bridgehead atoms. The van der Waals surface area contributed by atoms with Gasteiger partial charge < -0.3 is 10.1 Å². The van der Waals surface area contributed by atoms with Crippen LogP contribution in [-0.4, -0.2) is 5.91 Å². The Labute approximate surface area is 138 Å². The summed E-state index contributed by atoms with van der Waals surface area (Å²) in [4.78, 5) is 11.4. The van der Waals surface area contributed by atoms with Crippen molar-refractivity contribution in [2.45, 2.75) is 19.6 Å². The van der Waals surface area contributed by atoms with Crippen molar-refractivity contribution in [3.8, 4) is 11.8 Å². The van der Waals surface area contributed by atoms with Crippen molar-refractivity contribution >= 4 is 17.5 Å². The second-order valence-electron chi connectivity index (χ2n) is 4.71. The summed E-state index contributed by atoms with van der Waals surface area (Å²) >= 11 is 5.97. The van der Waals surface area contributed by atoms with Crippen molar-refractivity contribution in [1.29, 1.82) is 5.26 Å². The van der Waals surface area contributed by atoms with Crippen LogP contribution in [0, 0.1) is 17.1 Å². The Balaban J connectivity index is 2.06. The van der Waals surface area contributed by atoms with E-state index in [-0.39, 0.29) is 31.0 Å². The topological polar surface area (TPSA) is 62.1 Å². The summed E-state index contributed by atoms with van der Waals surface area (Å²) in [7, 11) is 0. The summed E-state index contributed by atoms with van der Waals surface area (Å²) < 4.78 is 19.4. The number of carbonyl (C=O) groups excluding carboxylic acids is 1. The molecule has 0 heterocycles. The molecule has 2 aromatic rings. The number of para-hydroxylation sites is 1. The van der Waals surface area contributed by atoms with E-state index < -0.39 is 5.82 Å². The first-order valence-corrected chi connectivity index (χ1v) is 7.27. The van der Waals surface area contributed by atoms with Gasteiger partial charge in [0.05, 0.1) is 11.1 Å². The third kappa shape index (κ3) is 4.70. The molecular weight excluding hydrogens is 319 g/mol. The molecule has 6 heteroatoms. The molecule has 0 fully saturated rings. The highest BCUT2D eigenvalue weighted by atomic mass is 35.5. The Bertz CT molecular complexity index is 723. The van der Waals surface area contributed by atoms with Gasteiger partial charge in [0.25, 0.3) is 0 Å². The standard InChI is InChI=1S/C17H14ClFN2O2/c18-14-5-3-6-15(19)13(14)11-23-16-7-2-1-4-12(16)10-21-17(22)8-9-20/h1-7H,8,10-11H2,(H,21,22). The number of ether oxygens (including phenoxy) is 1. The van der Waals surface area contributed by atoms with E-state index in [0.29, 0.717) is 10.8 Å². The maximum absolute atomic E-state index is 13.7. The van der Waals surface area contributed by atoms with Crippen LogP contribution in [0.2, 0.25) is 5.02 Å². The number of benzene rings is 2. The van der Waals surface area contributed by atoms with Gasteiger partial charge in [0.1, 0.15) is 24.6 Å². The first-order valence-electron chi connectivity index (χ1n) is 6.89. The molecule has 23 heavy (non-hydrogen) atoms. The van der Waals surface area contributed by atoms with Crippen LogP contribution in [0.15, 0.2) is 42.5 Å². The fourth-order valence-electron chi connectivity index (χ4n) is 1.94. The molecular formula is C17H14ClFN2O2. The first-order chi connectivity index (χ1) is 11.1. The molecule has 0 aliphatic carbocycles. The van der Waals surface area contributed by atoms with Gasteiger partial charge >= 0.3 is 0 Å². The molecule has 1 N–H and O–H groups in total. The largest absolute Gasteiger partial charge is 0.488 e. The highest BCUT2D eigenvalue weighted by molar-refractivity contribution is 6.31. The average molecular weight is 333 g/mol. The Morgan fingerprint density at radius 3 is 2.78 bits per heavy atom. The van der Waals surface area contributed by atoms with Crippen LogP contribution in [0.1, 0.15) is 17.5 Å². The van der Waals surface area contributed by atoms with Crippen molar-refractivity contribution in [3.63, 3.8) is 0 Å². The van der Waals surface area contributed by atoms with Crippen LogP contribution in [0.3, 0.4) is 0 Å². The number of hydrogen-bond acceptors (Lipinski definition) is 3. The smallest absolute Gasteiger partial charge is 0.234 e. The van der Waals surface area contributed by atoms with Gasteiger partial charge in [-0.25, -0.2) is 4.39 Å². The highest BCUT2D eigenvalue weighted by Crippen LogP contribution is 2.23. The number of nitrogens with one attached hydrogen (secondary N) is 1. The zero-order valence-electron chi connectivity index (χ0n) is 12.2. The average Bonchev–Trinajstić information content (AvgIpc) is 2.53. The van der Waals surface area contributed by atoms with Crippen LogP contribution in [0.25, 0.3) is 0 Å². The summed E-state index contributed by atoms with van der Waals surface area (Å²) in [5, 5.41) is 11.4. The zero-order valence-corrected chi connectivity index (χ0v) is 12.9. The van der Waals surface area contributed by atoms with Crippen molar-refractivity contribution in [2.75, 3.05) is 0 Å². The van der Waals surface area contributed by atoms with Gasteiger partial charge in [-0.15, -0.1) is 0 Å². The summed E-state index contributed by atoms with van der Waals surface area (Å²) in [6, 6.07) is 13.3. The van der Waals surface area contributed by atoms with E-state index >= 15 is 0 Å². The SMILES string of the molecule is N#CCC(=O)NCc1ccccc1OCc1c(F)cccc1Cl. The van der Waals surface area contributed by atoms with E-state index in [1.165, 1.54) is 12.1 Å². The predicted molar refractivity (Wildman–Crippen MR) is 84.3 cm³/mol. The zero-order chi connectivity index (χ0) is 16.7. The number of hydrogen-bond donors (Lipinski definition) is 1. The van der Waals surface area contributed by atoms with Gasteiger partial charge in [-0.05, 0) is 18.2 Å². The van der Waals surface area contributed by atoms with Crippen LogP contribution >= 0.6 is 11.6 Å². The first kappa shape index (κ1) is 16.8. The Kier molecular flexibility index (Phi) is 5.95. The molecule has 2 rings (SSSR count). The molecule has 1 amide bonds. The van der Waals surface area contributed by atoms with Crippen molar-refractivity contribution < 1.29 is 13.9 Å². The van der Waals surface area contributed by atoms with E-state index in [0.717, 1.165) is 5.56 Å². The normalized spacial score (nSPS) is 9.96. The van der Waals surface area contributed by atoms with Gasteiger partial charge in [-0.1, -0.05) is 35.9 Å². The van der Waals surface area contributed by atoms with Crippen molar-refractivity contribution in [3.05, 3.63) is 64.4 Å². The number of halogens is 2. The third-order valence-electron chi connectivity index (χ3n) is 3.12. The fraction of sp³-hybridized carbons (Fsp3) is 0.176. The van der Waals surface area contributed by atoms with Gasteiger partial charge in [0, 0.05) is 17.7 Å². The molecule has 0 atom stereocenters. The maximum Gasteiger partial charge on any atom is 0.234 e. The highest BCUT2D eigenvalue weighted by Gasteiger charge is 2.10. The summed E-state index contributed by atoms with van der Waals surface area (Å²) in [5.74, 6) is -0.277. The summed E-state index contributed by atoms with van der Waals surface area (Å²) in [6.45, 7) is 0.205. The molecule has 0 unspecified atom stereocenters. The quantitative estimate of drug-likeness (QED) is 0.879. The molecule has 4 nitrogen and oxygen atoms in total. The second-order valence-corrected chi connectivity index (χ2v) is 5.12. The van der Waals surface area contributed by atoms with Gasteiger partial charge in [0.2, 0.25) is 5.91 Å². The van der Waals surface area contributed by atoms with Gasteiger partial charge in [0.15, 0.2) is 0 Å². The summed E-state index contributed by atoms with van der Waals surface area (Å²) in [5.41, 5.74) is 1.00. The second kappa shape index (κ2) is 8.16. The van der Waals surface area contributed by atoms with E-state index in [1.54, 1.807) is 36.4 Å². The lowest BCUT2D eigenvalue weighted by Crippen LogP contribution is -2.22. The minimum absolute atomic E-state index is 0.0192. The number of nitrogens with zero attached hydrogens (tertiary/aromatic N) is 1. The van der Waals surface area contributed by atoms with Gasteiger partial charge in [-0.2, -0.15) is 5.26 Å². The minimum Gasteiger partial charge on any atom is -0.488 e. The molecule has 0 radical (unpaired) electrons. The molecule has 0 saturated carbocycles. The minimum atomic E-state index is -0.433. The number of carbonyl (C=O) groups is 1. The lowest BCUT2D eigenvalue weighted by atomic mass is 10.2. The van der Waals surface area contributed by atoms with Crippen molar-refractivity contribution in [2.24, 2.45) is 0 Å². The van der Waals surface area contributed by atoms with Crippen LogP contribution in [0.4, 0.5) is 4.39 Å². The molecule has 0 aliphatic heterocycles. The summed E-state index contributed by atoms with van der Waals surface area (Å²) in [6.07, 6.45) is -0.201. The number of amides is 1. The Hall–Kier alpha value is -2.58. The predicted octanol–water partition coefficient (Wildman–Crippen LogP) is 3.59. The van der Waals surface area contributed by atoms with Crippen LogP contribution in [0.5, 0.6) is 5.75 Å². The molecule has 0 saturated heterocycles. The monoisotopic (exact) mass is 332 g/mol. The molecule has 0 aliphatic rings. The molecule has 2 aromatic carbocycles. The van der Waals surface area contributed by atoms with Crippen molar-refractivity contribution in [1.82, 2.24) is 5.32 Å². The molecule has 0 aromatic heterocycles. The number of nitriles is 1. The van der Waals surface area contributed by atoms with E-state index in [1.807, 2.05) is 0 Å². The van der Waals surface area contributed by atoms with E-state index in [4.69, 9.17) is 21.6 Å². The lowest BCUT2D eigenvalue weighted by molar-refractivity contribution is -0.120. The fourth-order valence-corrected chi connectivity index (χ4v) is 2.16. The Morgan fingerprint density at radius 2 is 2.04 bits per heavy atom. The lowest BCUT2D eigenvalue weighted by Gasteiger charge is -2.13. The Morgan fingerprint density at radius 1 is 1.26 bits per heavy atom. The molecule has 0 spiro atoms. The van der Waals surface area contributed by atoms with E-state index in [9.17, 15) is 9.18 Å². The van der Waals surface area contributed by atoms with Crippen LogP contribution in [-0.2, 0) is 17.9 Å². The van der Waals surface area contributed by atoms with E-state index in [2.05, 4.69) is 5.32 Å². The number of rotatable bonds is 6. The van der Waals surface area contributed by atoms with Crippen LogP contribution < -0.4 is 10.1 Å².